The van der Waals surface area contributed by atoms with Crippen LogP contribution in [0.15, 0.2) is 24.3 Å². The molecular weight excluding hydrogens is 226 g/mol. The molecule has 1 aromatic carbocycles. The topological polar surface area (TPSA) is 127 Å². The lowest BCUT2D eigenvalue weighted by Crippen LogP contribution is -2.09. The summed E-state index contributed by atoms with van der Waals surface area (Å²) in [7, 11) is 0. The summed E-state index contributed by atoms with van der Waals surface area (Å²) in [6, 6.07) is 5.04. The van der Waals surface area contributed by atoms with Gasteiger partial charge in [-0.2, -0.15) is 0 Å². The maximum Gasteiger partial charge on any atom is 0.414 e. The molecule has 0 aliphatic heterocycles. The highest BCUT2D eigenvalue weighted by molar-refractivity contribution is 6.27. The lowest BCUT2D eigenvalue weighted by molar-refractivity contribution is -0.159. The van der Waals surface area contributed by atoms with Gasteiger partial charge in [0.1, 0.15) is 0 Å². The maximum absolute atomic E-state index is 11.9. The standard InChI is InChI=1S/C6H4F2.C2H2O4.H4N2/c7-5-3-1-2-4-6(5)8;3-1(4)2(5)6;1-2/h1-4H;(H,3,4)(H,5,6);1-2H2. The Hall–Kier alpha value is -2.06. The molecule has 1 aromatic rings. The lowest BCUT2D eigenvalue weighted by Gasteiger charge is -1.85. The minimum atomic E-state index is -1.82. The number of aliphatic carboxylic acids is 2. The summed E-state index contributed by atoms with van der Waals surface area (Å²) in [6.45, 7) is 0. The summed E-state index contributed by atoms with van der Waals surface area (Å²) >= 11 is 0. The molecule has 0 fully saturated rings. The van der Waals surface area contributed by atoms with Crippen molar-refractivity contribution in [1.82, 2.24) is 0 Å². The van der Waals surface area contributed by atoms with Gasteiger partial charge in [0, 0.05) is 0 Å². The van der Waals surface area contributed by atoms with Gasteiger partial charge < -0.3 is 10.2 Å². The number of benzene rings is 1. The molecule has 0 saturated heterocycles. The average molecular weight is 236 g/mol. The van der Waals surface area contributed by atoms with Gasteiger partial charge in [-0.1, -0.05) is 12.1 Å². The van der Waals surface area contributed by atoms with Gasteiger partial charge in [0.25, 0.3) is 0 Å². The molecule has 0 aliphatic carbocycles. The second-order valence-corrected chi connectivity index (χ2v) is 2.02. The molecule has 0 aromatic heterocycles. The smallest absolute Gasteiger partial charge is 0.414 e. The summed E-state index contributed by atoms with van der Waals surface area (Å²) in [6.07, 6.45) is 0. The van der Waals surface area contributed by atoms with Crippen LogP contribution in [0.2, 0.25) is 0 Å². The average Bonchev–Trinajstić information content (AvgIpc) is 2.26. The molecule has 1 rings (SSSR count). The Morgan fingerprint density at radius 3 is 1.31 bits per heavy atom. The maximum atomic E-state index is 11.9. The van der Waals surface area contributed by atoms with Gasteiger partial charge in [0.2, 0.25) is 0 Å². The SMILES string of the molecule is Fc1ccccc1F.NN.O=C(O)C(=O)O. The normalized spacial score (nSPS) is 7.75. The van der Waals surface area contributed by atoms with E-state index in [4.69, 9.17) is 19.8 Å². The van der Waals surface area contributed by atoms with Crippen molar-refractivity contribution < 1.29 is 28.6 Å². The van der Waals surface area contributed by atoms with Crippen molar-refractivity contribution >= 4 is 11.9 Å². The second kappa shape index (κ2) is 9.49. The van der Waals surface area contributed by atoms with E-state index in [-0.39, 0.29) is 0 Å². The molecule has 0 saturated carbocycles. The Morgan fingerprint density at radius 1 is 0.938 bits per heavy atom. The summed E-state index contributed by atoms with van der Waals surface area (Å²) in [5.41, 5.74) is 0. The van der Waals surface area contributed by atoms with E-state index in [2.05, 4.69) is 11.7 Å². The van der Waals surface area contributed by atoms with E-state index in [1.807, 2.05) is 0 Å². The molecule has 0 heterocycles. The van der Waals surface area contributed by atoms with E-state index < -0.39 is 23.6 Å². The van der Waals surface area contributed by atoms with Crippen LogP contribution in [0, 0.1) is 11.6 Å². The number of carboxylic acid groups (broad SMARTS) is 2. The Labute approximate surface area is 89.1 Å². The van der Waals surface area contributed by atoms with Gasteiger partial charge in [0.05, 0.1) is 0 Å². The predicted molar refractivity (Wildman–Crippen MR) is 50.0 cm³/mol. The van der Waals surface area contributed by atoms with Gasteiger partial charge in [-0.3, -0.25) is 11.7 Å². The molecule has 0 bridgehead atoms. The van der Waals surface area contributed by atoms with Crippen LogP contribution in [0.5, 0.6) is 0 Å². The van der Waals surface area contributed by atoms with Crippen molar-refractivity contribution in [2.75, 3.05) is 0 Å². The zero-order valence-corrected chi connectivity index (χ0v) is 7.93. The Kier molecular flexibility index (Phi) is 9.71. The van der Waals surface area contributed by atoms with Gasteiger partial charge >= 0.3 is 11.9 Å². The van der Waals surface area contributed by atoms with Crippen molar-refractivity contribution in [2.45, 2.75) is 0 Å². The number of carboxylic acids is 2. The van der Waals surface area contributed by atoms with Crippen LogP contribution in [0.3, 0.4) is 0 Å². The third kappa shape index (κ3) is 8.53. The largest absolute Gasteiger partial charge is 0.473 e. The molecule has 0 spiro atoms. The molecule has 16 heavy (non-hydrogen) atoms. The van der Waals surface area contributed by atoms with Crippen LogP contribution in [0.4, 0.5) is 8.78 Å². The summed E-state index contributed by atoms with van der Waals surface area (Å²) < 4.78 is 23.9. The number of carbonyl (C=O) groups is 2. The number of hydrogen-bond donors (Lipinski definition) is 4. The minimum Gasteiger partial charge on any atom is -0.473 e. The molecule has 0 aliphatic rings. The molecule has 0 radical (unpaired) electrons. The molecule has 0 atom stereocenters. The zero-order chi connectivity index (χ0) is 13.1. The van der Waals surface area contributed by atoms with Crippen molar-refractivity contribution in [1.29, 1.82) is 0 Å². The van der Waals surface area contributed by atoms with E-state index in [0.29, 0.717) is 0 Å². The van der Waals surface area contributed by atoms with E-state index in [1.54, 1.807) is 0 Å². The quantitative estimate of drug-likeness (QED) is 0.284. The third-order valence-corrected chi connectivity index (χ3v) is 1.01. The number of hydrazine groups is 1. The fourth-order valence-electron chi connectivity index (χ4n) is 0.439. The Bertz CT molecular complexity index is 314. The first-order valence-corrected chi connectivity index (χ1v) is 3.64. The van der Waals surface area contributed by atoms with Crippen molar-refractivity contribution in [3.8, 4) is 0 Å². The highest BCUT2D eigenvalue weighted by atomic mass is 19.2. The highest BCUT2D eigenvalue weighted by Crippen LogP contribution is 2.01. The first kappa shape index (κ1) is 16.4. The monoisotopic (exact) mass is 236 g/mol. The molecule has 8 heteroatoms. The van der Waals surface area contributed by atoms with E-state index >= 15 is 0 Å². The van der Waals surface area contributed by atoms with E-state index in [9.17, 15) is 8.78 Å². The van der Waals surface area contributed by atoms with Gasteiger partial charge in [0.15, 0.2) is 11.6 Å². The molecule has 0 unspecified atom stereocenters. The first-order valence-electron chi connectivity index (χ1n) is 3.64. The Balaban J connectivity index is 0. The molecule has 6 nitrogen and oxygen atoms in total. The molecule has 0 amide bonds. The van der Waals surface area contributed by atoms with Crippen LogP contribution in [0.1, 0.15) is 0 Å². The van der Waals surface area contributed by atoms with E-state index in [1.165, 1.54) is 12.1 Å². The predicted octanol–water partition coefficient (Wildman–Crippen LogP) is -0.0608. The van der Waals surface area contributed by atoms with Crippen molar-refractivity contribution in [3.05, 3.63) is 35.9 Å². The minimum absolute atomic E-state index is 0.799. The van der Waals surface area contributed by atoms with Crippen LogP contribution in [-0.4, -0.2) is 22.2 Å². The zero-order valence-electron chi connectivity index (χ0n) is 7.93. The number of hydrogen-bond acceptors (Lipinski definition) is 4. The van der Waals surface area contributed by atoms with Gasteiger partial charge in [-0.05, 0) is 12.1 Å². The van der Waals surface area contributed by atoms with Crippen LogP contribution < -0.4 is 11.7 Å². The van der Waals surface area contributed by atoms with Gasteiger partial charge in [-0.15, -0.1) is 0 Å². The third-order valence-electron chi connectivity index (χ3n) is 1.01. The summed E-state index contributed by atoms with van der Waals surface area (Å²) in [4.78, 5) is 18.2. The number of nitrogens with two attached hydrogens (primary N) is 2. The number of halogens is 2. The summed E-state index contributed by atoms with van der Waals surface area (Å²) in [5, 5.41) is 14.8. The lowest BCUT2D eigenvalue weighted by atomic mass is 10.3. The molecule has 6 N–H and O–H groups in total. The summed E-state index contributed by atoms with van der Waals surface area (Å²) in [5.74, 6) is 2.75. The van der Waals surface area contributed by atoms with E-state index in [0.717, 1.165) is 12.1 Å². The van der Waals surface area contributed by atoms with Crippen LogP contribution in [0.25, 0.3) is 0 Å². The molecular formula is C8H10F2N2O4. The van der Waals surface area contributed by atoms with Crippen LogP contribution in [-0.2, 0) is 9.59 Å². The molecule has 90 valence electrons. The first-order chi connectivity index (χ1) is 7.45. The van der Waals surface area contributed by atoms with Crippen molar-refractivity contribution in [3.63, 3.8) is 0 Å². The highest BCUT2D eigenvalue weighted by Gasteiger charge is 2.04. The van der Waals surface area contributed by atoms with Gasteiger partial charge in [-0.25, -0.2) is 18.4 Å². The van der Waals surface area contributed by atoms with Crippen LogP contribution >= 0.6 is 0 Å². The fraction of sp³-hybridized carbons (Fsp3) is 0. The fourth-order valence-corrected chi connectivity index (χ4v) is 0.439. The number of rotatable bonds is 0. The second-order valence-electron chi connectivity index (χ2n) is 2.02. The Morgan fingerprint density at radius 2 is 1.19 bits per heavy atom. The van der Waals surface area contributed by atoms with Crippen molar-refractivity contribution in [2.24, 2.45) is 11.7 Å².